The van der Waals surface area contributed by atoms with Crippen molar-refractivity contribution in [2.24, 2.45) is 0 Å². The van der Waals surface area contributed by atoms with Crippen LogP contribution in [0.3, 0.4) is 0 Å². The molecular weight excluding hydrogens is 184 g/mol. The molecule has 0 spiro atoms. The van der Waals surface area contributed by atoms with Crippen molar-refractivity contribution >= 4 is 11.9 Å². The number of nitrogens with zero attached hydrogens (tertiary/aromatic N) is 1. The van der Waals surface area contributed by atoms with Gasteiger partial charge in [0.25, 0.3) is 0 Å². The number of nitrogens with one attached hydrogen (secondary N) is 1. The number of hydrogen-bond acceptors (Lipinski definition) is 3. The summed E-state index contributed by atoms with van der Waals surface area (Å²) >= 11 is 0. The molecule has 0 aromatic carbocycles. The molecule has 1 atom stereocenters. The quantitative estimate of drug-likeness (QED) is 0.632. The zero-order valence-corrected chi connectivity index (χ0v) is 8.91. The third-order valence-electron chi connectivity index (χ3n) is 1.83. The van der Waals surface area contributed by atoms with E-state index >= 15 is 0 Å². The molecule has 2 N–H and O–H groups in total. The monoisotopic (exact) mass is 202 g/mol. The molecule has 0 aromatic heterocycles. The van der Waals surface area contributed by atoms with E-state index in [2.05, 4.69) is 5.32 Å². The normalized spacial score (nSPS) is 12.6. The highest BCUT2D eigenvalue weighted by molar-refractivity contribution is 5.83. The minimum atomic E-state index is -0.981. The van der Waals surface area contributed by atoms with Gasteiger partial charge in [-0.2, -0.15) is 0 Å². The highest BCUT2D eigenvalue weighted by atomic mass is 16.4. The summed E-state index contributed by atoms with van der Waals surface area (Å²) in [6, 6.07) is -0.760. The fourth-order valence-corrected chi connectivity index (χ4v) is 0.930. The summed E-state index contributed by atoms with van der Waals surface area (Å²) in [4.78, 5) is 23.7. The summed E-state index contributed by atoms with van der Waals surface area (Å²) < 4.78 is 0. The number of carbonyl (C=O) groups excluding carboxylic acids is 1. The van der Waals surface area contributed by atoms with E-state index in [1.807, 2.05) is 19.0 Å². The van der Waals surface area contributed by atoms with E-state index in [0.29, 0.717) is 19.4 Å². The Balaban J connectivity index is 3.85. The van der Waals surface area contributed by atoms with Crippen LogP contribution in [0.15, 0.2) is 0 Å². The summed E-state index contributed by atoms with van der Waals surface area (Å²) in [5.74, 6) is -1.20. The summed E-state index contributed by atoms with van der Waals surface area (Å²) in [6.45, 7) is 2.35. The molecule has 0 aliphatic rings. The highest BCUT2D eigenvalue weighted by Crippen LogP contribution is 1.92. The molecule has 0 fully saturated rings. The van der Waals surface area contributed by atoms with Gasteiger partial charge >= 0.3 is 5.97 Å². The lowest BCUT2D eigenvalue weighted by Crippen LogP contribution is -2.41. The topological polar surface area (TPSA) is 69.6 Å². The van der Waals surface area contributed by atoms with Crippen LogP contribution in [-0.4, -0.2) is 48.6 Å². The van der Waals surface area contributed by atoms with Crippen LogP contribution in [0.25, 0.3) is 0 Å². The highest BCUT2D eigenvalue weighted by Gasteiger charge is 2.16. The maximum absolute atomic E-state index is 11.2. The Morgan fingerprint density at radius 2 is 2.00 bits per heavy atom. The van der Waals surface area contributed by atoms with E-state index in [4.69, 9.17) is 5.11 Å². The van der Waals surface area contributed by atoms with Gasteiger partial charge in [-0.15, -0.1) is 0 Å². The first kappa shape index (κ1) is 12.9. The molecule has 0 saturated heterocycles. The van der Waals surface area contributed by atoms with Gasteiger partial charge in [0.1, 0.15) is 6.04 Å². The zero-order valence-electron chi connectivity index (χ0n) is 8.91. The van der Waals surface area contributed by atoms with E-state index in [0.717, 1.165) is 0 Å². The van der Waals surface area contributed by atoms with Crippen LogP contribution in [0.4, 0.5) is 0 Å². The molecule has 0 aliphatic heterocycles. The van der Waals surface area contributed by atoms with Crippen LogP contribution in [0.2, 0.25) is 0 Å². The number of hydrogen-bond donors (Lipinski definition) is 2. The maximum atomic E-state index is 11.2. The van der Waals surface area contributed by atoms with Crippen molar-refractivity contribution in [1.29, 1.82) is 0 Å². The van der Waals surface area contributed by atoms with Gasteiger partial charge < -0.3 is 15.3 Å². The van der Waals surface area contributed by atoms with Crippen molar-refractivity contribution in [2.45, 2.75) is 25.8 Å². The predicted octanol–water partition coefficient (Wildman–Crippen LogP) is -0.0825. The number of amides is 1. The fraction of sp³-hybridized carbons (Fsp3) is 0.778. The number of carbonyl (C=O) groups is 2. The first-order valence-corrected chi connectivity index (χ1v) is 4.64. The summed E-state index contributed by atoms with van der Waals surface area (Å²) in [7, 11) is 3.73. The minimum Gasteiger partial charge on any atom is -0.480 e. The third kappa shape index (κ3) is 5.53. The standard InChI is InChI=1S/C9H18N2O3/c1-4-7(9(13)14)10-8(12)5-6-11(2)3/h7H,4-6H2,1-3H3,(H,10,12)(H,13,14)/t7-/m0/s1. The summed E-state index contributed by atoms with van der Waals surface area (Å²) in [5.41, 5.74) is 0. The van der Waals surface area contributed by atoms with Gasteiger partial charge in [0.15, 0.2) is 0 Å². The second-order valence-electron chi connectivity index (χ2n) is 3.42. The van der Waals surface area contributed by atoms with Crippen LogP contribution >= 0.6 is 0 Å². The number of aliphatic carboxylic acids is 1. The Labute approximate surface area is 84.1 Å². The second-order valence-corrected chi connectivity index (χ2v) is 3.42. The van der Waals surface area contributed by atoms with Gasteiger partial charge in [0.2, 0.25) is 5.91 Å². The van der Waals surface area contributed by atoms with E-state index in [9.17, 15) is 9.59 Å². The first-order valence-electron chi connectivity index (χ1n) is 4.64. The fourth-order valence-electron chi connectivity index (χ4n) is 0.930. The van der Waals surface area contributed by atoms with Crippen molar-refractivity contribution in [1.82, 2.24) is 10.2 Å². The van der Waals surface area contributed by atoms with Crippen LogP contribution in [0.5, 0.6) is 0 Å². The summed E-state index contributed by atoms with van der Waals surface area (Å²) in [5, 5.41) is 11.1. The van der Waals surface area contributed by atoms with E-state index in [-0.39, 0.29) is 5.91 Å². The lowest BCUT2D eigenvalue weighted by Gasteiger charge is -2.13. The largest absolute Gasteiger partial charge is 0.480 e. The lowest BCUT2D eigenvalue weighted by molar-refractivity contribution is -0.141. The summed E-state index contributed by atoms with van der Waals surface area (Å²) in [6.07, 6.45) is 0.736. The van der Waals surface area contributed by atoms with Gasteiger partial charge in [-0.05, 0) is 20.5 Å². The molecule has 82 valence electrons. The molecule has 0 aromatic rings. The van der Waals surface area contributed by atoms with E-state index in [1.165, 1.54) is 0 Å². The average molecular weight is 202 g/mol. The second kappa shape index (κ2) is 6.37. The molecule has 0 aliphatic carbocycles. The van der Waals surface area contributed by atoms with Gasteiger partial charge in [-0.1, -0.05) is 6.92 Å². The van der Waals surface area contributed by atoms with Crippen molar-refractivity contribution in [3.8, 4) is 0 Å². The third-order valence-corrected chi connectivity index (χ3v) is 1.83. The molecule has 1 amide bonds. The maximum Gasteiger partial charge on any atom is 0.326 e. The first-order chi connectivity index (χ1) is 6.47. The Kier molecular flexibility index (Phi) is 5.87. The smallest absolute Gasteiger partial charge is 0.326 e. The Bertz CT molecular complexity index is 204. The molecule has 5 nitrogen and oxygen atoms in total. The molecule has 0 bridgehead atoms. The molecule has 0 heterocycles. The van der Waals surface area contributed by atoms with Crippen molar-refractivity contribution in [3.63, 3.8) is 0 Å². The van der Waals surface area contributed by atoms with Crippen LogP contribution in [0.1, 0.15) is 19.8 Å². The molecule has 14 heavy (non-hydrogen) atoms. The average Bonchev–Trinajstić information content (AvgIpc) is 2.10. The number of rotatable bonds is 6. The van der Waals surface area contributed by atoms with Gasteiger partial charge in [-0.3, -0.25) is 4.79 Å². The molecule has 0 saturated carbocycles. The van der Waals surface area contributed by atoms with Crippen molar-refractivity contribution in [3.05, 3.63) is 0 Å². The van der Waals surface area contributed by atoms with Crippen molar-refractivity contribution in [2.75, 3.05) is 20.6 Å². The molecule has 0 rings (SSSR count). The Morgan fingerprint density at radius 1 is 1.43 bits per heavy atom. The van der Waals surface area contributed by atoms with Gasteiger partial charge in [0.05, 0.1) is 0 Å². The van der Waals surface area contributed by atoms with E-state index < -0.39 is 12.0 Å². The van der Waals surface area contributed by atoms with Crippen LogP contribution in [-0.2, 0) is 9.59 Å². The molecule has 0 radical (unpaired) electrons. The molecule has 0 unspecified atom stereocenters. The van der Waals surface area contributed by atoms with Crippen LogP contribution < -0.4 is 5.32 Å². The van der Waals surface area contributed by atoms with Gasteiger partial charge in [-0.25, -0.2) is 4.79 Å². The zero-order chi connectivity index (χ0) is 11.1. The number of carboxylic acid groups (broad SMARTS) is 1. The van der Waals surface area contributed by atoms with Crippen molar-refractivity contribution < 1.29 is 14.7 Å². The lowest BCUT2D eigenvalue weighted by atomic mass is 10.2. The van der Waals surface area contributed by atoms with Crippen LogP contribution in [0, 0.1) is 0 Å². The SMILES string of the molecule is CC[C@H](NC(=O)CCN(C)C)C(=O)O. The van der Waals surface area contributed by atoms with E-state index in [1.54, 1.807) is 6.92 Å². The Hall–Kier alpha value is -1.10. The Morgan fingerprint density at radius 3 is 2.36 bits per heavy atom. The minimum absolute atomic E-state index is 0.215. The number of carboxylic acids is 1. The van der Waals surface area contributed by atoms with Gasteiger partial charge in [0, 0.05) is 13.0 Å². The predicted molar refractivity (Wildman–Crippen MR) is 53.0 cm³/mol. The molecule has 5 heteroatoms. The molecular formula is C9H18N2O3.